The third-order valence-corrected chi connectivity index (χ3v) is 1.49. The standard InChI is InChI=1S/C8H7F3N/c9-8(10,11)7-3-1-6(5-12)2-4-7/h1-4,12H,5H2. The monoisotopic (exact) mass is 174 g/mol. The van der Waals surface area contributed by atoms with E-state index < -0.39 is 11.7 Å². The van der Waals surface area contributed by atoms with Crippen molar-refractivity contribution >= 4 is 0 Å². The number of alkyl halides is 3. The van der Waals surface area contributed by atoms with Crippen LogP contribution in [0, 0.1) is 0 Å². The van der Waals surface area contributed by atoms with Gasteiger partial charge in [-0.25, -0.2) is 0 Å². The molecule has 0 atom stereocenters. The van der Waals surface area contributed by atoms with Crippen LogP contribution in [0.3, 0.4) is 0 Å². The van der Waals surface area contributed by atoms with Crippen molar-refractivity contribution in [3.05, 3.63) is 35.4 Å². The summed E-state index contributed by atoms with van der Waals surface area (Å²) in [5.41, 5.74) is 6.81. The van der Waals surface area contributed by atoms with Gasteiger partial charge in [0.25, 0.3) is 0 Å². The second kappa shape index (κ2) is 3.15. The van der Waals surface area contributed by atoms with Gasteiger partial charge in [0.1, 0.15) is 0 Å². The molecule has 12 heavy (non-hydrogen) atoms. The van der Waals surface area contributed by atoms with Crippen molar-refractivity contribution in [3.63, 3.8) is 0 Å². The molecule has 0 amide bonds. The van der Waals surface area contributed by atoms with Crippen LogP contribution in [0.4, 0.5) is 13.2 Å². The Morgan fingerprint density at radius 3 is 1.92 bits per heavy atom. The molecule has 0 saturated carbocycles. The molecule has 0 aliphatic carbocycles. The first-order valence-corrected chi connectivity index (χ1v) is 3.35. The molecule has 1 aromatic carbocycles. The molecule has 0 spiro atoms. The lowest BCUT2D eigenvalue weighted by Crippen LogP contribution is -2.04. The summed E-state index contributed by atoms with van der Waals surface area (Å²) in [5, 5.41) is 0. The quantitative estimate of drug-likeness (QED) is 0.624. The zero-order chi connectivity index (χ0) is 9.19. The van der Waals surface area contributed by atoms with Gasteiger partial charge in [-0.1, -0.05) is 12.1 Å². The predicted octanol–water partition coefficient (Wildman–Crippen LogP) is 2.49. The number of nitrogens with one attached hydrogen (secondary N) is 1. The van der Waals surface area contributed by atoms with Crippen molar-refractivity contribution in [2.75, 3.05) is 0 Å². The van der Waals surface area contributed by atoms with E-state index in [0.29, 0.717) is 5.56 Å². The number of benzene rings is 1. The molecule has 0 fully saturated rings. The molecule has 0 unspecified atom stereocenters. The van der Waals surface area contributed by atoms with Crippen LogP contribution in [0.5, 0.6) is 0 Å². The van der Waals surface area contributed by atoms with E-state index in [2.05, 4.69) is 0 Å². The Balaban J connectivity index is 2.93. The van der Waals surface area contributed by atoms with Crippen molar-refractivity contribution < 1.29 is 13.2 Å². The van der Waals surface area contributed by atoms with Crippen LogP contribution in [0.15, 0.2) is 24.3 Å². The van der Waals surface area contributed by atoms with E-state index in [-0.39, 0.29) is 6.54 Å². The predicted molar refractivity (Wildman–Crippen MR) is 38.2 cm³/mol. The van der Waals surface area contributed by atoms with E-state index in [0.717, 1.165) is 12.1 Å². The molecule has 1 aromatic rings. The van der Waals surface area contributed by atoms with E-state index in [1.54, 1.807) is 0 Å². The Morgan fingerprint density at radius 2 is 1.58 bits per heavy atom. The second-order valence-corrected chi connectivity index (χ2v) is 2.37. The molecule has 1 N–H and O–H groups in total. The topological polar surface area (TPSA) is 23.8 Å². The van der Waals surface area contributed by atoms with E-state index in [4.69, 9.17) is 5.73 Å². The van der Waals surface area contributed by atoms with Crippen LogP contribution in [0.2, 0.25) is 0 Å². The Labute approximate surface area is 68.0 Å². The molecule has 0 saturated heterocycles. The van der Waals surface area contributed by atoms with Gasteiger partial charge in [-0.15, -0.1) is 0 Å². The minimum atomic E-state index is -4.28. The normalized spacial score (nSPS) is 11.7. The summed E-state index contributed by atoms with van der Waals surface area (Å²) in [6.45, 7) is 0.0120. The van der Waals surface area contributed by atoms with Gasteiger partial charge in [0, 0.05) is 6.54 Å². The van der Waals surface area contributed by atoms with E-state index >= 15 is 0 Å². The van der Waals surface area contributed by atoms with Crippen LogP contribution in [-0.2, 0) is 12.7 Å². The first kappa shape index (κ1) is 9.06. The van der Waals surface area contributed by atoms with Gasteiger partial charge in [-0.05, 0) is 17.7 Å². The molecule has 0 aromatic heterocycles. The Bertz CT molecular complexity index is 250. The number of hydrogen-bond acceptors (Lipinski definition) is 0. The molecular weight excluding hydrogens is 167 g/mol. The van der Waals surface area contributed by atoms with Crippen molar-refractivity contribution in [1.82, 2.24) is 5.73 Å². The third kappa shape index (κ3) is 1.98. The third-order valence-electron chi connectivity index (χ3n) is 1.49. The highest BCUT2D eigenvalue weighted by atomic mass is 19.4. The highest BCUT2D eigenvalue weighted by Crippen LogP contribution is 2.28. The molecule has 1 radical (unpaired) electrons. The number of hydrogen-bond donors (Lipinski definition) is 0. The SMILES string of the molecule is [NH]Cc1ccc(C(F)(F)F)cc1. The molecular formula is C8H7F3N. The Morgan fingerprint density at radius 1 is 1.08 bits per heavy atom. The van der Waals surface area contributed by atoms with Crippen molar-refractivity contribution in [3.8, 4) is 0 Å². The number of halogens is 3. The van der Waals surface area contributed by atoms with Crippen LogP contribution in [0.1, 0.15) is 11.1 Å². The van der Waals surface area contributed by atoms with Gasteiger partial charge in [-0.2, -0.15) is 13.2 Å². The van der Waals surface area contributed by atoms with E-state index in [1.165, 1.54) is 12.1 Å². The van der Waals surface area contributed by atoms with Crippen LogP contribution in [0.25, 0.3) is 0 Å². The van der Waals surface area contributed by atoms with Crippen LogP contribution in [-0.4, -0.2) is 0 Å². The fourth-order valence-corrected chi connectivity index (χ4v) is 0.812. The Kier molecular flexibility index (Phi) is 2.38. The van der Waals surface area contributed by atoms with Crippen molar-refractivity contribution in [2.45, 2.75) is 12.7 Å². The fraction of sp³-hybridized carbons (Fsp3) is 0.250. The minimum Gasteiger partial charge on any atom is -0.253 e. The number of rotatable bonds is 1. The average molecular weight is 174 g/mol. The summed E-state index contributed by atoms with van der Waals surface area (Å²) in [6.07, 6.45) is -4.28. The lowest BCUT2D eigenvalue weighted by atomic mass is 10.1. The molecule has 0 aliphatic heterocycles. The van der Waals surface area contributed by atoms with Gasteiger partial charge in [0.05, 0.1) is 5.56 Å². The molecule has 4 heteroatoms. The summed E-state index contributed by atoms with van der Waals surface area (Å²) >= 11 is 0. The molecule has 65 valence electrons. The van der Waals surface area contributed by atoms with Gasteiger partial charge < -0.3 is 0 Å². The smallest absolute Gasteiger partial charge is 0.253 e. The maximum Gasteiger partial charge on any atom is 0.416 e. The zero-order valence-electron chi connectivity index (χ0n) is 6.15. The summed E-state index contributed by atoms with van der Waals surface area (Å²) in [7, 11) is 0. The van der Waals surface area contributed by atoms with Crippen LogP contribution >= 0.6 is 0 Å². The van der Waals surface area contributed by atoms with Gasteiger partial charge in [0.15, 0.2) is 0 Å². The van der Waals surface area contributed by atoms with Crippen molar-refractivity contribution in [2.24, 2.45) is 0 Å². The van der Waals surface area contributed by atoms with E-state index in [1.807, 2.05) is 0 Å². The van der Waals surface area contributed by atoms with Gasteiger partial charge in [0.2, 0.25) is 0 Å². The van der Waals surface area contributed by atoms with E-state index in [9.17, 15) is 13.2 Å². The highest BCUT2D eigenvalue weighted by Gasteiger charge is 2.29. The molecule has 0 heterocycles. The summed E-state index contributed by atoms with van der Waals surface area (Å²) in [5.74, 6) is 0. The van der Waals surface area contributed by atoms with Gasteiger partial charge >= 0.3 is 6.18 Å². The van der Waals surface area contributed by atoms with Gasteiger partial charge in [-0.3, -0.25) is 5.73 Å². The fourth-order valence-electron chi connectivity index (χ4n) is 0.812. The maximum atomic E-state index is 12.0. The maximum absolute atomic E-state index is 12.0. The zero-order valence-corrected chi connectivity index (χ0v) is 6.15. The summed E-state index contributed by atoms with van der Waals surface area (Å²) < 4.78 is 35.9. The average Bonchev–Trinajstić information content (AvgIpc) is 2.03. The lowest BCUT2D eigenvalue weighted by molar-refractivity contribution is -0.137. The largest absolute Gasteiger partial charge is 0.416 e. The lowest BCUT2D eigenvalue weighted by Gasteiger charge is -2.05. The van der Waals surface area contributed by atoms with Crippen LogP contribution < -0.4 is 5.73 Å². The molecule has 1 rings (SSSR count). The molecule has 0 aliphatic rings. The molecule has 0 bridgehead atoms. The highest BCUT2D eigenvalue weighted by molar-refractivity contribution is 5.24. The summed E-state index contributed by atoms with van der Waals surface area (Å²) in [4.78, 5) is 0. The van der Waals surface area contributed by atoms with Crippen molar-refractivity contribution in [1.29, 1.82) is 0 Å². The Hall–Kier alpha value is -1.03. The first-order valence-electron chi connectivity index (χ1n) is 3.35. The minimum absolute atomic E-state index is 0.0120. The molecule has 1 nitrogen and oxygen atoms in total. The second-order valence-electron chi connectivity index (χ2n) is 2.37. The first-order chi connectivity index (χ1) is 5.54. The summed E-state index contributed by atoms with van der Waals surface area (Å²) in [6, 6.07) is 4.61.